The molecule has 104 valence electrons. The largest absolute Gasteiger partial charge is 0.495 e. The highest BCUT2D eigenvalue weighted by molar-refractivity contribution is 6.32. The number of para-hydroxylation sites is 1. The molecule has 0 heterocycles. The number of carboxylic acid groups (broad SMARTS) is 1. The van der Waals surface area contributed by atoms with Crippen molar-refractivity contribution in [1.29, 1.82) is 0 Å². The molecule has 0 fully saturated rings. The Labute approximate surface area is 119 Å². The van der Waals surface area contributed by atoms with E-state index in [9.17, 15) is 9.18 Å². The lowest BCUT2D eigenvalue weighted by atomic mass is 10.1. The van der Waals surface area contributed by atoms with E-state index in [2.05, 4.69) is 5.32 Å². The van der Waals surface area contributed by atoms with Gasteiger partial charge in [-0.1, -0.05) is 17.7 Å². The Morgan fingerprint density at radius 1 is 1.35 bits per heavy atom. The predicted octanol–water partition coefficient (Wildman–Crippen LogP) is 3.93. The van der Waals surface area contributed by atoms with Crippen LogP contribution in [0.1, 0.15) is 10.4 Å². The van der Waals surface area contributed by atoms with E-state index in [-0.39, 0.29) is 11.3 Å². The average Bonchev–Trinajstić information content (AvgIpc) is 2.41. The van der Waals surface area contributed by atoms with E-state index in [0.29, 0.717) is 16.5 Å². The standard InChI is InChI=1S/C14H11ClFNO3/c1-20-12-6-5-8(7-10(12)15)17-13-9(14(18)19)3-2-4-11(13)16/h2-7,17H,1H3,(H,18,19). The monoisotopic (exact) mass is 295 g/mol. The predicted molar refractivity (Wildman–Crippen MR) is 74.6 cm³/mol. The highest BCUT2D eigenvalue weighted by Gasteiger charge is 2.14. The fourth-order valence-electron chi connectivity index (χ4n) is 1.72. The van der Waals surface area contributed by atoms with Crippen molar-refractivity contribution in [2.45, 2.75) is 0 Å². The maximum Gasteiger partial charge on any atom is 0.337 e. The summed E-state index contributed by atoms with van der Waals surface area (Å²) in [5.41, 5.74) is 0.196. The van der Waals surface area contributed by atoms with Crippen molar-refractivity contribution < 1.29 is 19.0 Å². The fraction of sp³-hybridized carbons (Fsp3) is 0.0714. The number of carbonyl (C=O) groups is 1. The molecule has 0 radical (unpaired) electrons. The van der Waals surface area contributed by atoms with E-state index in [1.807, 2.05) is 0 Å². The topological polar surface area (TPSA) is 58.6 Å². The second kappa shape index (κ2) is 5.79. The van der Waals surface area contributed by atoms with Gasteiger partial charge in [-0.15, -0.1) is 0 Å². The van der Waals surface area contributed by atoms with Crippen molar-refractivity contribution in [3.05, 3.63) is 52.8 Å². The van der Waals surface area contributed by atoms with E-state index >= 15 is 0 Å². The molecule has 4 nitrogen and oxygen atoms in total. The molecule has 0 saturated carbocycles. The Morgan fingerprint density at radius 2 is 2.10 bits per heavy atom. The van der Waals surface area contributed by atoms with Gasteiger partial charge < -0.3 is 15.2 Å². The quantitative estimate of drug-likeness (QED) is 0.897. The molecule has 6 heteroatoms. The fourth-order valence-corrected chi connectivity index (χ4v) is 1.98. The van der Waals surface area contributed by atoms with Gasteiger partial charge >= 0.3 is 5.97 Å². The zero-order valence-corrected chi connectivity index (χ0v) is 11.2. The van der Waals surface area contributed by atoms with Crippen LogP contribution in [0, 0.1) is 5.82 Å². The van der Waals surface area contributed by atoms with Crippen LogP contribution in [-0.2, 0) is 0 Å². The van der Waals surface area contributed by atoms with Crippen LogP contribution < -0.4 is 10.1 Å². The number of nitrogens with one attached hydrogen (secondary N) is 1. The Morgan fingerprint density at radius 3 is 2.70 bits per heavy atom. The number of rotatable bonds is 4. The summed E-state index contributed by atoms with van der Waals surface area (Å²) in [6.07, 6.45) is 0. The van der Waals surface area contributed by atoms with Crippen LogP contribution in [0.2, 0.25) is 5.02 Å². The third kappa shape index (κ3) is 2.83. The number of hydrogen-bond acceptors (Lipinski definition) is 3. The van der Waals surface area contributed by atoms with Gasteiger partial charge in [0.05, 0.1) is 23.4 Å². The van der Waals surface area contributed by atoms with Gasteiger partial charge in [-0.3, -0.25) is 0 Å². The zero-order chi connectivity index (χ0) is 14.7. The van der Waals surface area contributed by atoms with Gasteiger partial charge in [0, 0.05) is 5.69 Å². The lowest BCUT2D eigenvalue weighted by molar-refractivity contribution is 0.0697. The minimum Gasteiger partial charge on any atom is -0.495 e. The average molecular weight is 296 g/mol. The van der Waals surface area contributed by atoms with Gasteiger partial charge in [-0.25, -0.2) is 9.18 Å². The summed E-state index contributed by atoms with van der Waals surface area (Å²) >= 11 is 5.96. The van der Waals surface area contributed by atoms with Crippen molar-refractivity contribution in [1.82, 2.24) is 0 Å². The van der Waals surface area contributed by atoms with Crippen molar-refractivity contribution in [3.63, 3.8) is 0 Å². The maximum atomic E-state index is 13.8. The Kier molecular flexibility index (Phi) is 4.10. The molecule has 0 atom stereocenters. The summed E-state index contributed by atoms with van der Waals surface area (Å²) in [5.74, 6) is -1.40. The van der Waals surface area contributed by atoms with Crippen LogP contribution in [-0.4, -0.2) is 18.2 Å². The molecule has 0 bridgehead atoms. The van der Waals surface area contributed by atoms with Crippen LogP contribution in [0.5, 0.6) is 5.75 Å². The molecule has 0 aliphatic heterocycles. The zero-order valence-electron chi connectivity index (χ0n) is 10.5. The number of carboxylic acids is 1. The smallest absolute Gasteiger partial charge is 0.337 e. The minimum absolute atomic E-state index is 0.110. The molecule has 0 unspecified atom stereocenters. The molecule has 2 aromatic carbocycles. The number of halogens is 2. The minimum atomic E-state index is -1.22. The third-order valence-corrected chi connectivity index (χ3v) is 2.96. The summed E-state index contributed by atoms with van der Waals surface area (Å²) in [5, 5.41) is 12.1. The van der Waals surface area contributed by atoms with Crippen LogP contribution in [0.15, 0.2) is 36.4 Å². The summed E-state index contributed by atoms with van der Waals surface area (Å²) in [6, 6.07) is 8.58. The van der Waals surface area contributed by atoms with Gasteiger partial charge in [0.2, 0.25) is 0 Å². The number of anilines is 2. The Balaban J connectivity index is 2.39. The van der Waals surface area contributed by atoms with E-state index in [1.165, 1.54) is 31.4 Å². The second-order valence-corrected chi connectivity index (χ2v) is 4.35. The van der Waals surface area contributed by atoms with Gasteiger partial charge in [-0.05, 0) is 30.3 Å². The first-order valence-corrected chi connectivity index (χ1v) is 6.03. The molecule has 0 amide bonds. The first-order valence-electron chi connectivity index (χ1n) is 5.65. The molecule has 0 aliphatic carbocycles. The van der Waals surface area contributed by atoms with Gasteiger partial charge in [-0.2, -0.15) is 0 Å². The lowest BCUT2D eigenvalue weighted by Gasteiger charge is -2.12. The van der Waals surface area contributed by atoms with Crippen LogP contribution in [0.3, 0.4) is 0 Å². The van der Waals surface area contributed by atoms with E-state index in [0.717, 1.165) is 0 Å². The van der Waals surface area contributed by atoms with Crippen LogP contribution in [0.25, 0.3) is 0 Å². The van der Waals surface area contributed by atoms with Crippen molar-refractivity contribution in [2.24, 2.45) is 0 Å². The highest BCUT2D eigenvalue weighted by atomic mass is 35.5. The number of benzene rings is 2. The van der Waals surface area contributed by atoms with Gasteiger partial charge in [0.1, 0.15) is 11.6 Å². The Bertz CT molecular complexity index is 661. The van der Waals surface area contributed by atoms with E-state index < -0.39 is 11.8 Å². The third-order valence-electron chi connectivity index (χ3n) is 2.67. The van der Waals surface area contributed by atoms with Crippen molar-refractivity contribution in [2.75, 3.05) is 12.4 Å². The molecule has 0 aromatic heterocycles. The summed E-state index contributed by atoms with van der Waals surface area (Å²) in [4.78, 5) is 11.1. The summed E-state index contributed by atoms with van der Waals surface area (Å²) in [6.45, 7) is 0. The first-order chi connectivity index (χ1) is 9.52. The number of methoxy groups -OCH3 is 1. The number of hydrogen-bond donors (Lipinski definition) is 2. The molecule has 0 aliphatic rings. The molecule has 2 rings (SSSR count). The Hall–Kier alpha value is -2.27. The second-order valence-electron chi connectivity index (χ2n) is 3.94. The maximum absolute atomic E-state index is 13.8. The normalized spacial score (nSPS) is 10.2. The van der Waals surface area contributed by atoms with Gasteiger partial charge in [0.25, 0.3) is 0 Å². The van der Waals surface area contributed by atoms with Crippen molar-refractivity contribution >= 4 is 28.9 Å². The van der Waals surface area contributed by atoms with Crippen molar-refractivity contribution in [3.8, 4) is 5.75 Å². The molecule has 0 saturated heterocycles. The molecule has 20 heavy (non-hydrogen) atoms. The summed E-state index contributed by atoms with van der Waals surface area (Å²) < 4.78 is 18.8. The highest BCUT2D eigenvalue weighted by Crippen LogP contribution is 2.30. The number of ether oxygens (including phenoxy) is 1. The van der Waals surface area contributed by atoms with E-state index in [1.54, 1.807) is 12.1 Å². The van der Waals surface area contributed by atoms with E-state index in [4.69, 9.17) is 21.4 Å². The molecule has 2 aromatic rings. The molecule has 0 spiro atoms. The molecular weight excluding hydrogens is 285 g/mol. The van der Waals surface area contributed by atoms with Gasteiger partial charge in [0.15, 0.2) is 0 Å². The number of aromatic carboxylic acids is 1. The first kappa shape index (κ1) is 14.1. The summed E-state index contributed by atoms with van der Waals surface area (Å²) in [7, 11) is 1.48. The molecular formula is C14H11ClFNO3. The van der Waals surface area contributed by atoms with Crippen LogP contribution in [0.4, 0.5) is 15.8 Å². The SMILES string of the molecule is COc1ccc(Nc2c(F)cccc2C(=O)O)cc1Cl. The molecule has 2 N–H and O–H groups in total. The van der Waals surface area contributed by atoms with Crippen LogP contribution >= 0.6 is 11.6 Å². The lowest BCUT2D eigenvalue weighted by Crippen LogP contribution is -2.04.